The van der Waals surface area contributed by atoms with Gasteiger partial charge < -0.3 is 5.32 Å². The molecule has 84 valence electrons. The van der Waals surface area contributed by atoms with Crippen molar-refractivity contribution < 1.29 is 0 Å². The lowest BCUT2D eigenvalue weighted by Crippen LogP contribution is -2.38. The summed E-state index contributed by atoms with van der Waals surface area (Å²) >= 11 is 7.82. The largest absolute Gasteiger partial charge is 0.309 e. The molecular formula is C12H18ClNS. The molecule has 2 unspecified atom stereocenters. The number of nitrogens with one attached hydrogen (secondary N) is 1. The van der Waals surface area contributed by atoms with Gasteiger partial charge in [0.15, 0.2) is 0 Å². The van der Waals surface area contributed by atoms with Crippen molar-refractivity contribution >= 4 is 22.9 Å². The van der Waals surface area contributed by atoms with Crippen LogP contribution in [0.25, 0.3) is 0 Å². The second-order valence-corrected chi connectivity index (χ2v) is 5.61. The summed E-state index contributed by atoms with van der Waals surface area (Å²) in [5.74, 6) is 1.49. The maximum Gasteiger partial charge on any atom is 0.0302 e. The first-order chi connectivity index (χ1) is 7.40. The maximum absolute atomic E-state index is 6.00. The molecule has 15 heavy (non-hydrogen) atoms. The van der Waals surface area contributed by atoms with Crippen LogP contribution in [0.2, 0.25) is 0 Å². The fourth-order valence-electron chi connectivity index (χ4n) is 2.31. The first kappa shape index (κ1) is 11.4. The van der Waals surface area contributed by atoms with Gasteiger partial charge in [-0.3, -0.25) is 0 Å². The van der Waals surface area contributed by atoms with Crippen LogP contribution >= 0.6 is 22.9 Å². The Morgan fingerprint density at radius 1 is 1.40 bits per heavy atom. The fraction of sp³-hybridized carbons (Fsp3) is 0.667. The quantitative estimate of drug-likeness (QED) is 0.797. The molecule has 1 heterocycles. The number of hydrogen-bond donors (Lipinski definition) is 1. The predicted octanol–water partition coefficient (Wildman–Crippen LogP) is 3.64. The van der Waals surface area contributed by atoms with E-state index >= 15 is 0 Å². The van der Waals surface area contributed by atoms with Gasteiger partial charge in [0.05, 0.1) is 0 Å². The summed E-state index contributed by atoms with van der Waals surface area (Å²) in [6.45, 7) is 1.01. The highest BCUT2D eigenvalue weighted by atomic mass is 35.5. The van der Waals surface area contributed by atoms with Gasteiger partial charge in [0, 0.05) is 23.3 Å². The number of halogens is 1. The number of thiophene rings is 1. The van der Waals surface area contributed by atoms with Crippen LogP contribution in [0.5, 0.6) is 0 Å². The zero-order valence-corrected chi connectivity index (χ0v) is 10.5. The molecule has 1 nitrogen and oxygen atoms in total. The standard InChI is InChI=1S/C12H18ClNS/c13-8-10-4-1-2-6-12(10)14-9-11-5-3-7-15-11/h3,5,7,10,12,14H,1-2,4,6,8-9H2. The molecule has 1 aromatic rings. The van der Waals surface area contributed by atoms with E-state index in [1.165, 1.54) is 30.6 Å². The molecule has 0 amide bonds. The number of hydrogen-bond acceptors (Lipinski definition) is 2. The minimum Gasteiger partial charge on any atom is -0.309 e. The molecule has 1 aromatic heterocycles. The van der Waals surface area contributed by atoms with Crippen LogP contribution < -0.4 is 5.32 Å². The van der Waals surface area contributed by atoms with E-state index < -0.39 is 0 Å². The van der Waals surface area contributed by atoms with Crippen LogP contribution in [0.3, 0.4) is 0 Å². The van der Waals surface area contributed by atoms with Gasteiger partial charge in [-0.1, -0.05) is 18.9 Å². The maximum atomic E-state index is 6.00. The molecule has 1 aliphatic carbocycles. The van der Waals surface area contributed by atoms with E-state index in [9.17, 15) is 0 Å². The van der Waals surface area contributed by atoms with E-state index in [4.69, 9.17) is 11.6 Å². The van der Waals surface area contributed by atoms with Crippen molar-refractivity contribution in [3.05, 3.63) is 22.4 Å². The molecule has 0 aliphatic heterocycles. The van der Waals surface area contributed by atoms with Gasteiger partial charge >= 0.3 is 0 Å². The van der Waals surface area contributed by atoms with E-state index in [2.05, 4.69) is 22.8 Å². The summed E-state index contributed by atoms with van der Waals surface area (Å²) in [5.41, 5.74) is 0. The average molecular weight is 244 g/mol. The zero-order valence-electron chi connectivity index (χ0n) is 8.92. The molecule has 1 fully saturated rings. The lowest BCUT2D eigenvalue weighted by molar-refractivity contribution is 0.283. The Kier molecular flexibility index (Phi) is 4.48. The molecule has 0 saturated heterocycles. The molecule has 1 N–H and O–H groups in total. The van der Waals surface area contributed by atoms with Crippen LogP contribution in [0.4, 0.5) is 0 Å². The van der Waals surface area contributed by atoms with Crippen LogP contribution in [0, 0.1) is 5.92 Å². The van der Waals surface area contributed by atoms with Crippen LogP contribution in [-0.4, -0.2) is 11.9 Å². The summed E-state index contributed by atoms with van der Waals surface area (Å²) in [6.07, 6.45) is 5.30. The summed E-state index contributed by atoms with van der Waals surface area (Å²) < 4.78 is 0. The fourth-order valence-corrected chi connectivity index (χ4v) is 3.33. The highest BCUT2D eigenvalue weighted by Gasteiger charge is 2.23. The van der Waals surface area contributed by atoms with E-state index in [-0.39, 0.29) is 0 Å². The lowest BCUT2D eigenvalue weighted by atomic mass is 9.86. The summed E-state index contributed by atoms with van der Waals surface area (Å²) in [5, 5.41) is 5.79. The molecule has 0 aromatic carbocycles. The minimum absolute atomic E-state index is 0.637. The van der Waals surface area contributed by atoms with Crippen molar-refractivity contribution in [2.24, 2.45) is 5.92 Å². The molecule has 0 spiro atoms. The molecule has 3 heteroatoms. The van der Waals surface area contributed by atoms with E-state index in [1.807, 2.05) is 11.3 Å². The third-order valence-electron chi connectivity index (χ3n) is 3.23. The van der Waals surface area contributed by atoms with Gasteiger partial charge in [0.1, 0.15) is 0 Å². The molecule has 2 atom stereocenters. The number of alkyl halides is 1. The van der Waals surface area contributed by atoms with E-state index in [1.54, 1.807) is 0 Å². The van der Waals surface area contributed by atoms with Gasteiger partial charge in [-0.05, 0) is 30.2 Å². The van der Waals surface area contributed by atoms with E-state index in [0.29, 0.717) is 12.0 Å². The summed E-state index contributed by atoms with van der Waals surface area (Å²) in [7, 11) is 0. The lowest BCUT2D eigenvalue weighted by Gasteiger charge is -2.30. The van der Waals surface area contributed by atoms with Crippen molar-refractivity contribution in [3.8, 4) is 0 Å². The summed E-state index contributed by atoms with van der Waals surface area (Å²) in [4.78, 5) is 1.42. The first-order valence-corrected chi connectivity index (χ1v) is 7.13. The molecule has 0 radical (unpaired) electrons. The highest BCUT2D eigenvalue weighted by Crippen LogP contribution is 2.25. The van der Waals surface area contributed by atoms with Crippen molar-refractivity contribution in [2.75, 3.05) is 5.88 Å². The smallest absolute Gasteiger partial charge is 0.0302 e. The van der Waals surface area contributed by atoms with Gasteiger partial charge in [-0.15, -0.1) is 22.9 Å². The molecule has 1 aliphatic rings. The Hall–Kier alpha value is -0.0500. The zero-order chi connectivity index (χ0) is 10.5. The molecule has 2 rings (SSSR count). The Bertz CT molecular complexity index is 273. The van der Waals surface area contributed by atoms with Crippen LogP contribution in [-0.2, 0) is 6.54 Å². The third-order valence-corrected chi connectivity index (χ3v) is 4.50. The van der Waals surface area contributed by atoms with Crippen molar-refractivity contribution in [1.29, 1.82) is 0 Å². The molecule has 1 saturated carbocycles. The first-order valence-electron chi connectivity index (χ1n) is 5.72. The second-order valence-electron chi connectivity index (χ2n) is 4.27. The Labute approximate surface area is 101 Å². The molecular weight excluding hydrogens is 226 g/mol. The Balaban J connectivity index is 1.81. The van der Waals surface area contributed by atoms with Gasteiger partial charge in [-0.2, -0.15) is 0 Å². The van der Waals surface area contributed by atoms with Gasteiger partial charge in [-0.25, -0.2) is 0 Å². The predicted molar refractivity (Wildman–Crippen MR) is 67.6 cm³/mol. The van der Waals surface area contributed by atoms with Crippen LogP contribution in [0.15, 0.2) is 17.5 Å². The highest BCUT2D eigenvalue weighted by molar-refractivity contribution is 7.09. The summed E-state index contributed by atoms with van der Waals surface area (Å²) in [6, 6.07) is 4.94. The van der Waals surface area contributed by atoms with Gasteiger partial charge in [0.2, 0.25) is 0 Å². The monoisotopic (exact) mass is 243 g/mol. The van der Waals surface area contributed by atoms with Crippen molar-refractivity contribution in [3.63, 3.8) is 0 Å². The average Bonchev–Trinajstić information content (AvgIpc) is 2.79. The minimum atomic E-state index is 0.637. The Morgan fingerprint density at radius 2 is 2.27 bits per heavy atom. The Morgan fingerprint density at radius 3 is 3.00 bits per heavy atom. The normalized spacial score (nSPS) is 26.7. The SMILES string of the molecule is ClCC1CCCCC1NCc1cccs1. The van der Waals surface area contributed by atoms with Crippen molar-refractivity contribution in [2.45, 2.75) is 38.3 Å². The van der Waals surface area contributed by atoms with Crippen LogP contribution in [0.1, 0.15) is 30.6 Å². The topological polar surface area (TPSA) is 12.0 Å². The number of rotatable bonds is 4. The second kappa shape index (κ2) is 5.88. The van der Waals surface area contributed by atoms with Crippen molar-refractivity contribution in [1.82, 2.24) is 5.32 Å². The van der Waals surface area contributed by atoms with E-state index in [0.717, 1.165) is 12.4 Å². The van der Waals surface area contributed by atoms with Gasteiger partial charge in [0.25, 0.3) is 0 Å². The third kappa shape index (κ3) is 3.20. The molecule has 0 bridgehead atoms.